The lowest BCUT2D eigenvalue weighted by atomic mass is 9.78. The van der Waals surface area contributed by atoms with Crippen molar-refractivity contribution in [2.24, 2.45) is 35.5 Å². The number of amides is 1. The van der Waals surface area contributed by atoms with Crippen LogP contribution in [0.4, 0.5) is 0 Å². The fraction of sp³-hybridized carbons (Fsp3) is 0.803. The van der Waals surface area contributed by atoms with Crippen LogP contribution in [0.15, 0.2) is 47.6 Å². The molecule has 2 saturated carbocycles. The van der Waals surface area contributed by atoms with Crippen LogP contribution in [0.3, 0.4) is 0 Å². The van der Waals surface area contributed by atoms with Crippen LogP contribution >= 0.6 is 0 Å². The van der Waals surface area contributed by atoms with Crippen LogP contribution in [-0.2, 0) is 52.4 Å². The maximum atomic E-state index is 14.7. The first-order valence-corrected chi connectivity index (χ1v) is 31.5. The number of esters is 1. The molecular weight excluding hydrogens is 1010 g/mol. The van der Waals surface area contributed by atoms with Gasteiger partial charge in [-0.3, -0.25) is 19.2 Å². The van der Waals surface area contributed by atoms with Gasteiger partial charge in [-0.1, -0.05) is 148 Å². The summed E-state index contributed by atoms with van der Waals surface area (Å²) in [4.78, 5) is 73.2. The molecule has 0 unspecified atom stereocenters. The molecule has 2 aliphatic carbocycles. The van der Waals surface area contributed by atoms with E-state index < -0.39 is 77.8 Å². The molecule has 0 spiro atoms. The maximum Gasteiger partial charge on any atom is 0.329 e. The molecule has 80 heavy (non-hydrogen) atoms. The molecule has 14 heteroatoms. The van der Waals surface area contributed by atoms with E-state index in [2.05, 4.69) is 0 Å². The van der Waals surface area contributed by atoms with Crippen molar-refractivity contribution in [3.8, 4) is 0 Å². The highest BCUT2D eigenvalue weighted by Crippen LogP contribution is 2.39. The fourth-order valence-electron chi connectivity index (χ4n) is 13.3. The first-order valence-electron chi connectivity index (χ1n) is 31.5. The van der Waals surface area contributed by atoms with Gasteiger partial charge in [0.25, 0.3) is 11.7 Å². The van der Waals surface area contributed by atoms with E-state index in [0.29, 0.717) is 50.5 Å². The number of hydrogen-bond donors (Lipinski definition) is 2. The van der Waals surface area contributed by atoms with Gasteiger partial charge in [0, 0.05) is 58.5 Å². The van der Waals surface area contributed by atoms with E-state index in [1.807, 2.05) is 58.1 Å². The minimum Gasteiger partial charge on any atom is -0.460 e. The number of carbonyl (C=O) groups excluding carboxylic acids is 5. The van der Waals surface area contributed by atoms with Gasteiger partial charge in [0.05, 0.1) is 30.5 Å². The van der Waals surface area contributed by atoms with E-state index in [9.17, 15) is 34.2 Å². The van der Waals surface area contributed by atoms with Crippen LogP contribution in [0.25, 0.3) is 0 Å². The maximum absolute atomic E-state index is 14.7. The van der Waals surface area contributed by atoms with Crippen molar-refractivity contribution in [1.29, 1.82) is 0 Å². The first kappa shape index (κ1) is 67.4. The number of fused-ring (bicyclic) bond motifs is 3. The standard InChI is InChI=1S/C66H107NO13/c1-44-28-22-21-23-29-45(2)57(75-8)42-53-35-33-50(7)66(74,80-53)63(71)64(72)67-37-27-26-32-54(67)65(73)79-58(43-55(68)46(3)39-49(6)61(70)62(77-10)60(69)48(5)38-44)47(4)40-51-34-36-56(59(41-51)76-9)78-52-30-24-19-17-15-13-11-12-14-16-18-20-25-31-52/h21-23,28-29,39,44,46-48,50-54,56-59,61-62,70,74H,11-20,24-27,30-38,40-43H2,1-10H3/b23-21?,28-22+,45-29?,49-39+/t44-,46-,47-,48-,50-,51+,53+,54+,56-,57+,58+,59-,61-,62+,66-/m1/s1. The summed E-state index contributed by atoms with van der Waals surface area (Å²) in [6.45, 7) is 13.0. The van der Waals surface area contributed by atoms with Gasteiger partial charge >= 0.3 is 5.97 Å². The fourth-order valence-corrected chi connectivity index (χ4v) is 13.3. The molecule has 4 fully saturated rings. The highest BCUT2D eigenvalue weighted by atomic mass is 16.6. The van der Waals surface area contributed by atoms with Crippen LogP contribution < -0.4 is 0 Å². The number of Topliss-reactive ketones (excluding diaryl/α,β-unsaturated/α-hetero) is 3. The SMILES string of the molecule is CO[C@H]1C[C@@H]2CC[C@@H](C)[C@@](O)(O2)C(=O)C(=O)N2CCCC[C@H]2C(=O)O[C@H]([C@H](C)C[C@@H]2CC[C@@H](OC3CCCCCCCCCCCCCC3)[C@H](OC)C2)CC(=O)[C@H](C)/C=C(\C)[C@@H](O)[C@@H](OC)C(=O)[C@H](C)C[C@H](C)/C=C/C=CC=C1C. The van der Waals surface area contributed by atoms with Gasteiger partial charge in [0.2, 0.25) is 5.79 Å². The minimum atomic E-state index is -2.43. The highest BCUT2D eigenvalue weighted by Gasteiger charge is 2.53. The summed E-state index contributed by atoms with van der Waals surface area (Å²) in [6, 6.07) is -1.13. The van der Waals surface area contributed by atoms with E-state index in [4.69, 9.17) is 28.4 Å². The van der Waals surface area contributed by atoms with E-state index in [-0.39, 0.29) is 67.0 Å². The zero-order valence-electron chi connectivity index (χ0n) is 51.0. The minimum absolute atomic E-state index is 0.0220. The number of methoxy groups -OCH3 is 3. The zero-order valence-corrected chi connectivity index (χ0v) is 51.0. The van der Waals surface area contributed by atoms with Crippen LogP contribution in [0.1, 0.15) is 215 Å². The summed E-state index contributed by atoms with van der Waals surface area (Å²) < 4.78 is 37.4. The summed E-state index contributed by atoms with van der Waals surface area (Å²) in [6.07, 6.45) is 30.8. The smallest absolute Gasteiger partial charge is 0.329 e. The molecule has 3 aliphatic heterocycles. The Hall–Kier alpha value is -3.37. The van der Waals surface area contributed by atoms with E-state index in [1.54, 1.807) is 41.1 Å². The molecule has 454 valence electrons. The number of allylic oxidation sites excluding steroid dienone is 6. The largest absolute Gasteiger partial charge is 0.460 e. The number of nitrogens with zero attached hydrogens (tertiary/aromatic N) is 1. The second kappa shape index (κ2) is 34.4. The predicted octanol–water partition coefficient (Wildman–Crippen LogP) is 12.0. The Morgan fingerprint density at radius 3 is 1.96 bits per heavy atom. The molecule has 0 aromatic carbocycles. The number of aliphatic hydroxyl groups excluding tert-OH is 1. The molecule has 5 rings (SSSR count). The zero-order chi connectivity index (χ0) is 58.4. The molecule has 0 aromatic rings. The molecule has 3 heterocycles. The van der Waals surface area contributed by atoms with E-state index in [1.165, 1.54) is 89.1 Å². The predicted molar refractivity (Wildman–Crippen MR) is 312 cm³/mol. The Labute approximate surface area is 482 Å². The summed E-state index contributed by atoms with van der Waals surface area (Å²) in [5, 5.41) is 23.7. The number of piperidine rings is 1. The van der Waals surface area contributed by atoms with Gasteiger partial charge < -0.3 is 43.5 Å². The van der Waals surface area contributed by atoms with Gasteiger partial charge in [0.15, 0.2) is 5.78 Å². The molecule has 5 aliphatic rings. The lowest BCUT2D eigenvalue weighted by Gasteiger charge is -2.42. The Kier molecular flexibility index (Phi) is 29.0. The molecule has 15 atom stereocenters. The first-order chi connectivity index (χ1) is 38.3. The Balaban J connectivity index is 1.40. The summed E-state index contributed by atoms with van der Waals surface area (Å²) >= 11 is 0. The normalized spacial score (nSPS) is 36.8. The molecule has 1 amide bonds. The second-order valence-corrected chi connectivity index (χ2v) is 25.1. The Bertz CT molecular complexity index is 2050. The number of ketones is 3. The van der Waals surface area contributed by atoms with Crippen molar-refractivity contribution in [3.63, 3.8) is 0 Å². The molecule has 0 aromatic heterocycles. The van der Waals surface area contributed by atoms with Gasteiger partial charge in [-0.15, -0.1) is 0 Å². The third-order valence-corrected chi connectivity index (χ3v) is 18.6. The molecule has 14 nitrogen and oxygen atoms in total. The van der Waals surface area contributed by atoms with Gasteiger partial charge in [-0.2, -0.15) is 0 Å². The van der Waals surface area contributed by atoms with Crippen molar-refractivity contribution < 1.29 is 62.6 Å². The molecule has 2 saturated heterocycles. The summed E-state index contributed by atoms with van der Waals surface area (Å²) in [5.74, 6) is -7.69. The van der Waals surface area contributed by atoms with Gasteiger partial charge in [0.1, 0.15) is 30.1 Å². The molecule has 2 N–H and O–H groups in total. The number of ether oxygens (including phenoxy) is 6. The second-order valence-electron chi connectivity index (χ2n) is 25.1. The lowest BCUT2D eigenvalue weighted by molar-refractivity contribution is -0.265. The average Bonchev–Trinajstić information content (AvgIpc) is 3.56. The van der Waals surface area contributed by atoms with Crippen LogP contribution in [0, 0.1) is 35.5 Å². The summed E-state index contributed by atoms with van der Waals surface area (Å²) in [7, 11) is 4.76. The monoisotopic (exact) mass is 1120 g/mol. The Morgan fingerprint density at radius 1 is 0.700 bits per heavy atom. The number of hydrogen-bond acceptors (Lipinski definition) is 13. The lowest BCUT2D eigenvalue weighted by Crippen LogP contribution is -2.61. The summed E-state index contributed by atoms with van der Waals surface area (Å²) in [5.41, 5.74) is 1.30. The van der Waals surface area contributed by atoms with Crippen LogP contribution in [0.5, 0.6) is 0 Å². The van der Waals surface area contributed by atoms with Crippen molar-refractivity contribution in [3.05, 3.63) is 47.6 Å². The third-order valence-electron chi connectivity index (χ3n) is 18.6. The van der Waals surface area contributed by atoms with Gasteiger partial charge in [-0.25, -0.2) is 4.79 Å². The molecule has 2 bridgehead atoms. The number of aliphatic hydroxyl groups is 2. The Morgan fingerprint density at radius 2 is 1.34 bits per heavy atom. The van der Waals surface area contributed by atoms with Crippen molar-refractivity contribution in [2.75, 3.05) is 27.9 Å². The highest BCUT2D eigenvalue weighted by molar-refractivity contribution is 6.39. The average molecular weight is 1120 g/mol. The topological polar surface area (TPSA) is 184 Å². The van der Waals surface area contributed by atoms with Crippen molar-refractivity contribution in [1.82, 2.24) is 4.90 Å². The van der Waals surface area contributed by atoms with Crippen molar-refractivity contribution >= 4 is 29.2 Å². The van der Waals surface area contributed by atoms with E-state index >= 15 is 0 Å². The molecular formula is C66H107NO13. The quantitative estimate of drug-likeness (QED) is 0.133. The van der Waals surface area contributed by atoms with Crippen LogP contribution in [0.2, 0.25) is 0 Å². The van der Waals surface area contributed by atoms with Crippen LogP contribution in [-0.4, -0.2) is 133 Å². The molecule has 0 radical (unpaired) electrons. The van der Waals surface area contributed by atoms with Gasteiger partial charge in [-0.05, 0) is 120 Å². The number of carbonyl (C=O) groups is 5. The third kappa shape index (κ3) is 20.2. The van der Waals surface area contributed by atoms with E-state index in [0.717, 1.165) is 37.7 Å². The van der Waals surface area contributed by atoms with Crippen molar-refractivity contribution in [2.45, 2.75) is 276 Å². The number of rotatable bonds is 8. The number of cyclic esters (lactones) is 1.